The van der Waals surface area contributed by atoms with Gasteiger partial charge in [0.15, 0.2) is 0 Å². The van der Waals surface area contributed by atoms with Gasteiger partial charge >= 0.3 is 0 Å². The molecule has 7 heteroatoms. The van der Waals surface area contributed by atoms with Gasteiger partial charge in [-0.3, -0.25) is 0 Å². The molecule has 2 aromatic heterocycles. The van der Waals surface area contributed by atoms with Gasteiger partial charge < -0.3 is 15.0 Å². The van der Waals surface area contributed by atoms with Crippen molar-refractivity contribution in [3.8, 4) is 16.9 Å². The second kappa shape index (κ2) is 7.26. The summed E-state index contributed by atoms with van der Waals surface area (Å²) in [6.07, 6.45) is 3.30. The molecule has 0 radical (unpaired) electrons. The minimum absolute atomic E-state index is 0.0766. The average molecular weight is 377 g/mol. The quantitative estimate of drug-likeness (QED) is 0.529. The van der Waals surface area contributed by atoms with Gasteiger partial charge in [0.1, 0.15) is 35.1 Å². The fourth-order valence-electron chi connectivity index (χ4n) is 3.14. The minimum Gasteiger partial charge on any atom is -0.494 e. The molecule has 2 heterocycles. The normalized spacial score (nSPS) is 12.1. The smallest absolute Gasteiger partial charge is 0.145 e. The van der Waals surface area contributed by atoms with E-state index in [1.54, 1.807) is 25.4 Å². The van der Waals surface area contributed by atoms with Crippen molar-refractivity contribution in [3.05, 3.63) is 66.3 Å². The molecule has 0 aliphatic rings. The van der Waals surface area contributed by atoms with Gasteiger partial charge in [-0.25, -0.2) is 19.3 Å². The SMILES string of the molecule is COc1cc(-c2ccc(F)cc2)cc2c(NC(C)c3ncc(C)[nH]3)ncnc12. The zero-order valence-corrected chi connectivity index (χ0v) is 15.8. The Hall–Kier alpha value is -3.48. The van der Waals surface area contributed by atoms with Crippen molar-refractivity contribution in [2.75, 3.05) is 12.4 Å². The van der Waals surface area contributed by atoms with Crippen LogP contribution in [0.15, 0.2) is 48.9 Å². The van der Waals surface area contributed by atoms with E-state index in [0.717, 1.165) is 28.0 Å². The van der Waals surface area contributed by atoms with Crippen molar-refractivity contribution in [2.45, 2.75) is 19.9 Å². The van der Waals surface area contributed by atoms with Crippen LogP contribution in [-0.4, -0.2) is 27.0 Å². The van der Waals surface area contributed by atoms with E-state index in [0.29, 0.717) is 17.1 Å². The van der Waals surface area contributed by atoms with Gasteiger partial charge in [0.05, 0.1) is 13.2 Å². The summed E-state index contributed by atoms with van der Waals surface area (Å²) >= 11 is 0. The topological polar surface area (TPSA) is 75.7 Å². The summed E-state index contributed by atoms with van der Waals surface area (Å²) < 4.78 is 18.9. The standard InChI is InChI=1S/C21H20FN5O/c1-12-10-23-20(26-12)13(2)27-21-17-8-15(14-4-6-16(22)7-5-14)9-18(28-3)19(17)24-11-25-21/h4-11,13H,1-3H3,(H,23,26)(H,24,25,27). The highest BCUT2D eigenvalue weighted by molar-refractivity contribution is 5.96. The molecule has 2 N–H and O–H groups in total. The summed E-state index contributed by atoms with van der Waals surface area (Å²) in [5, 5.41) is 4.21. The van der Waals surface area contributed by atoms with Crippen LogP contribution < -0.4 is 10.1 Å². The van der Waals surface area contributed by atoms with Crippen LogP contribution >= 0.6 is 0 Å². The third-order valence-corrected chi connectivity index (χ3v) is 4.59. The van der Waals surface area contributed by atoms with Gasteiger partial charge in [-0.15, -0.1) is 0 Å². The Morgan fingerprint density at radius 3 is 2.54 bits per heavy atom. The van der Waals surface area contributed by atoms with Crippen molar-refractivity contribution < 1.29 is 9.13 Å². The van der Waals surface area contributed by atoms with E-state index >= 15 is 0 Å². The summed E-state index contributed by atoms with van der Waals surface area (Å²) in [6, 6.07) is 10.1. The maximum Gasteiger partial charge on any atom is 0.145 e. The van der Waals surface area contributed by atoms with E-state index < -0.39 is 0 Å². The molecule has 28 heavy (non-hydrogen) atoms. The number of benzene rings is 2. The molecule has 142 valence electrons. The van der Waals surface area contributed by atoms with E-state index in [1.807, 2.05) is 26.0 Å². The molecule has 0 amide bonds. The Balaban J connectivity index is 1.80. The van der Waals surface area contributed by atoms with Gasteiger partial charge in [0, 0.05) is 17.3 Å². The zero-order chi connectivity index (χ0) is 19.7. The lowest BCUT2D eigenvalue weighted by molar-refractivity contribution is 0.419. The summed E-state index contributed by atoms with van der Waals surface area (Å²) in [5.41, 5.74) is 3.47. The number of fused-ring (bicyclic) bond motifs is 1. The predicted molar refractivity (Wildman–Crippen MR) is 107 cm³/mol. The molecule has 0 aliphatic carbocycles. The Morgan fingerprint density at radius 2 is 1.86 bits per heavy atom. The summed E-state index contributed by atoms with van der Waals surface area (Å²) in [7, 11) is 1.60. The van der Waals surface area contributed by atoms with Crippen LogP contribution in [-0.2, 0) is 0 Å². The second-order valence-electron chi connectivity index (χ2n) is 6.62. The van der Waals surface area contributed by atoms with Crippen molar-refractivity contribution in [1.82, 2.24) is 19.9 Å². The Kier molecular flexibility index (Phi) is 4.65. The molecule has 4 aromatic rings. The van der Waals surface area contributed by atoms with Crippen LogP contribution in [0.25, 0.3) is 22.0 Å². The lowest BCUT2D eigenvalue weighted by Crippen LogP contribution is -2.10. The number of rotatable bonds is 5. The Morgan fingerprint density at radius 1 is 1.07 bits per heavy atom. The summed E-state index contributed by atoms with van der Waals surface area (Å²) in [6.45, 7) is 3.97. The molecule has 2 aromatic carbocycles. The lowest BCUT2D eigenvalue weighted by Gasteiger charge is -2.16. The van der Waals surface area contributed by atoms with Gasteiger partial charge in [0.25, 0.3) is 0 Å². The number of anilines is 1. The molecule has 1 unspecified atom stereocenters. The van der Waals surface area contributed by atoms with Crippen molar-refractivity contribution in [1.29, 1.82) is 0 Å². The number of nitrogens with zero attached hydrogens (tertiary/aromatic N) is 3. The first-order chi connectivity index (χ1) is 13.5. The Bertz CT molecular complexity index is 1120. The molecular weight excluding hydrogens is 357 g/mol. The molecule has 0 fully saturated rings. The number of aromatic nitrogens is 4. The van der Waals surface area contributed by atoms with Crippen LogP contribution in [0.3, 0.4) is 0 Å². The molecule has 1 atom stereocenters. The Labute approximate surface area is 161 Å². The zero-order valence-electron chi connectivity index (χ0n) is 15.8. The van der Waals surface area contributed by atoms with E-state index in [2.05, 4.69) is 25.3 Å². The number of nitrogens with one attached hydrogen (secondary N) is 2. The number of imidazole rings is 1. The number of ether oxygens (including phenoxy) is 1. The van der Waals surface area contributed by atoms with E-state index in [9.17, 15) is 4.39 Å². The lowest BCUT2D eigenvalue weighted by atomic mass is 10.0. The van der Waals surface area contributed by atoms with Gasteiger partial charge in [-0.05, 0) is 49.2 Å². The van der Waals surface area contributed by atoms with E-state index in [1.165, 1.54) is 18.5 Å². The van der Waals surface area contributed by atoms with Gasteiger partial charge in [-0.1, -0.05) is 12.1 Å². The van der Waals surface area contributed by atoms with E-state index in [4.69, 9.17) is 4.74 Å². The number of aromatic amines is 1. The van der Waals surface area contributed by atoms with Gasteiger partial charge in [-0.2, -0.15) is 0 Å². The monoisotopic (exact) mass is 377 g/mol. The molecular formula is C21H20FN5O. The maximum atomic E-state index is 13.3. The van der Waals surface area contributed by atoms with Gasteiger partial charge in [0.2, 0.25) is 0 Å². The number of methoxy groups -OCH3 is 1. The second-order valence-corrected chi connectivity index (χ2v) is 6.62. The molecule has 0 saturated heterocycles. The van der Waals surface area contributed by atoms with Crippen LogP contribution in [0, 0.1) is 12.7 Å². The third kappa shape index (κ3) is 3.38. The first kappa shape index (κ1) is 17.9. The van der Waals surface area contributed by atoms with Crippen LogP contribution in [0.1, 0.15) is 24.5 Å². The minimum atomic E-state index is -0.273. The predicted octanol–water partition coefficient (Wildman–Crippen LogP) is 4.65. The van der Waals surface area contributed by atoms with E-state index in [-0.39, 0.29) is 11.9 Å². The highest BCUT2D eigenvalue weighted by atomic mass is 19.1. The molecule has 0 saturated carbocycles. The average Bonchev–Trinajstić information content (AvgIpc) is 3.14. The highest BCUT2D eigenvalue weighted by Crippen LogP contribution is 2.34. The van der Waals surface area contributed by atoms with Crippen molar-refractivity contribution >= 4 is 16.7 Å². The fraction of sp³-hybridized carbons (Fsp3) is 0.190. The highest BCUT2D eigenvalue weighted by Gasteiger charge is 2.15. The molecule has 0 aliphatic heterocycles. The number of hydrogen-bond acceptors (Lipinski definition) is 5. The molecule has 0 bridgehead atoms. The number of hydrogen-bond donors (Lipinski definition) is 2. The molecule has 4 rings (SSSR count). The third-order valence-electron chi connectivity index (χ3n) is 4.59. The first-order valence-corrected chi connectivity index (χ1v) is 8.92. The largest absolute Gasteiger partial charge is 0.494 e. The van der Waals surface area contributed by atoms with Crippen molar-refractivity contribution in [3.63, 3.8) is 0 Å². The maximum absolute atomic E-state index is 13.3. The number of H-pyrrole nitrogens is 1. The van der Waals surface area contributed by atoms with Crippen LogP contribution in [0.2, 0.25) is 0 Å². The molecule has 0 spiro atoms. The van der Waals surface area contributed by atoms with Crippen molar-refractivity contribution in [2.24, 2.45) is 0 Å². The first-order valence-electron chi connectivity index (χ1n) is 8.92. The van der Waals surface area contributed by atoms with Crippen LogP contribution in [0.4, 0.5) is 10.2 Å². The van der Waals surface area contributed by atoms with Crippen LogP contribution in [0.5, 0.6) is 5.75 Å². The summed E-state index contributed by atoms with van der Waals surface area (Å²) in [5.74, 6) is 1.85. The fourth-order valence-corrected chi connectivity index (χ4v) is 3.14. The summed E-state index contributed by atoms with van der Waals surface area (Å²) in [4.78, 5) is 16.4. The number of aryl methyl sites for hydroxylation is 1. The molecule has 6 nitrogen and oxygen atoms in total. The number of halogens is 1.